The van der Waals surface area contributed by atoms with Crippen LogP contribution >= 0.6 is 0 Å². The first kappa shape index (κ1) is 18.5. The predicted octanol–water partition coefficient (Wildman–Crippen LogP) is 2.61. The fraction of sp³-hybridized carbons (Fsp3) is 0.250. The van der Waals surface area contributed by atoms with Crippen LogP contribution in [0.25, 0.3) is 11.0 Å². The number of para-hydroxylation sites is 1. The average Bonchev–Trinajstić information content (AvgIpc) is 3.34. The van der Waals surface area contributed by atoms with Crippen LogP contribution in [0.4, 0.5) is 0 Å². The number of aromatic hydroxyl groups is 1. The number of phenols is 1. The topological polar surface area (TPSA) is 99.9 Å². The minimum Gasteiger partial charge on any atom is -0.508 e. The number of hydrogen-bond donors (Lipinski definition) is 2. The van der Waals surface area contributed by atoms with Crippen molar-refractivity contribution in [3.05, 3.63) is 60.2 Å². The molecule has 28 heavy (non-hydrogen) atoms. The van der Waals surface area contributed by atoms with Gasteiger partial charge in [-0.1, -0.05) is 30.3 Å². The Balaban J connectivity index is 1.52. The second kappa shape index (κ2) is 7.29. The quantitative estimate of drug-likeness (QED) is 0.686. The van der Waals surface area contributed by atoms with Crippen LogP contribution in [0, 0.1) is 0 Å². The fourth-order valence-corrected chi connectivity index (χ4v) is 5.07. The summed E-state index contributed by atoms with van der Waals surface area (Å²) in [5.74, 6) is -0.248. The number of nitrogens with zero attached hydrogens (tertiary/aromatic N) is 1. The number of amides is 1. The summed E-state index contributed by atoms with van der Waals surface area (Å²) >= 11 is 0. The summed E-state index contributed by atoms with van der Waals surface area (Å²) in [6.45, 7) is 0.478. The van der Waals surface area contributed by atoms with E-state index in [0.717, 1.165) is 5.56 Å². The number of fused-ring (bicyclic) bond motifs is 1. The number of phenolic OH excluding ortho intramolecular Hbond substituents is 1. The molecule has 2 N–H and O–H groups in total. The van der Waals surface area contributed by atoms with Gasteiger partial charge >= 0.3 is 0 Å². The molecule has 2 aromatic carbocycles. The number of carbonyl (C=O) groups is 1. The number of benzene rings is 2. The number of nitrogens with one attached hydrogen (secondary N) is 1. The van der Waals surface area contributed by atoms with Crippen LogP contribution in [-0.2, 0) is 21.4 Å². The first-order chi connectivity index (χ1) is 13.4. The molecule has 8 heteroatoms. The number of hydrogen-bond acceptors (Lipinski definition) is 5. The lowest BCUT2D eigenvalue weighted by atomic mass is 10.2. The summed E-state index contributed by atoms with van der Waals surface area (Å²) in [5, 5.41) is 12.8. The van der Waals surface area contributed by atoms with Gasteiger partial charge in [0, 0.05) is 24.5 Å². The first-order valence-electron chi connectivity index (χ1n) is 9.01. The van der Waals surface area contributed by atoms with E-state index in [-0.39, 0.29) is 29.8 Å². The van der Waals surface area contributed by atoms with Crippen LogP contribution in [0.15, 0.2) is 64.1 Å². The Labute approximate surface area is 162 Å². The first-order valence-corrected chi connectivity index (χ1v) is 10.5. The molecule has 1 aliphatic heterocycles. The zero-order chi connectivity index (χ0) is 19.7. The number of furan rings is 1. The molecule has 0 spiro atoms. The lowest BCUT2D eigenvalue weighted by Crippen LogP contribution is -2.45. The van der Waals surface area contributed by atoms with E-state index < -0.39 is 16.1 Å². The van der Waals surface area contributed by atoms with Crippen molar-refractivity contribution in [3.63, 3.8) is 0 Å². The van der Waals surface area contributed by atoms with Gasteiger partial charge in [-0.15, -0.1) is 0 Å². The molecule has 1 aromatic heterocycles. The predicted molar refractivity (Wildman–Crippen MR) is 103 cm³/mol. The van der Waals surface area contributed by atoms with Gasteiger partial charge in [0.25, 0.3) is 10.0 Å². The van der Waals surface area contributed by atoms with Crippen LogP contribution in [-0.4, -0.2) is 36.3 Å². The van der Waals surface area contributed by atoms with E-state index >= 15 is 0 Å². The van der Waals surface area contributed by atoms with Crippen molar-refractivity contribution in [1.82, 2.24) is 9.62 Å². The van der Waals surface area contributed by atoms with E-state index in [4.69, 9.17) is 4.42 Å². The fourth-order valence-electron chi connectivity index (χ4n) is 3.46. The van der Waals surface area contributed by atoms with E-state index in [9.17, 15) is 18.3 Å². The molecule has 1 aliphatic rings. The second-order valence-electron chi connectivity index (χ2n) is 6.76. The third kappa shape index (κ3) is 3.48. The zero-order valence-electron chi connectivity index (χ0n) is 15.0. The normalized spacial score (nSPS) is 17.8. The van der Waals surface area contributed by atoms with Crippen LogP contribution in [0.3, 0.4) is 0 Å². The number of sulfonamides is 1. The van der Waals surface area contributed by atoms with Crippen molar-refractivity contribution in [2.75, 3.05) is 6.54 Å². The van der Waals surface area contributed by atoms with E-state index in [1.165, 1.54) is 10.4 Å². The molecular weight excluding hydrogens is 380 g/mol. The standard InChI is InChI=1S/C20H20N2O5S/c23-16-7-3-5-14(11-16)13-21-20(24)17-8-4-10-22(17)28(25,26)19-12-15-6-1-2-9-18(15)27-19/h1-3,5-7,9,11-12,17,23H,4,8,10,13H2,(H,21,24)/t17-/m0/s1. The van der Waals surface area contributed by atoms with Gasteiger partial charge in [-0.2, -0.15) is 4.31 Å². The minimum absolute atomic E-state index is 0.113. The molecule has 2 heterocycles. The van der Waals surface area contributed by atoms with Crippen molar-refractivity contribution >= 4 is 26.9 Å². The maximum Gasteiger partial charge on any atom is 0.277 e. The van der Waals surface area contributed by atoms with Gasteiger partial charge in [0.2, 0.25) is 11.0 Å². The van der Waals surface area contributed by atoms with Crippen molar-refractivity contribution in [2.24, 2.45) is 0 Å². The molecule has 0 bridgehead atoms. The molecule has 1 amide bonds. The molecule has 1 atom stereocenters. The summed E-state index contributed by atoms with van der Waals surface area (Å²) in [5.41, 5.74) is 1.23. The van der Waals surface area contributed by atoms with Gasteiger partial charge in [-0.25, -0.2) is 8.42 Å². The van der Waals surface area contributed by atoms with Gasteiger partial charge in [-0.3, -0.25) is 4.79 Å². The van der Waals surface area contributed by atoms with Crippen LogP contribution in [0.2, 0.25) is 0 Å². The molecule has 0 radical (unpaired) electrons. The van der Waals surface area contributed by atoms with Crippen molar-refractivity contribution in [3.8, 4) is 5.75 Å². The molecule has 146 valence electrons. The highest BCUT2D eigenvalue weighted by Gasteiger charge is 2.40. The highest BCUT2D eigenvalue weighted by Crippen LogP contribution is 2.30. The largest absolute Gasteiger partial charge is 0.508 e. The van der Waals surface area contributed by atoms with E-state index in [2.05, 4.69) is 5.32 Å². The maximum atomic E-state index is 13.1. The van der Waals surface area contributed by atoms with E-state index in [0.29, 0.717) is 23.8 Å². The highest BCUT2D eigenvalue weighted by atomic mass is 32.2. The summed E-state index contributed by atoms with van der Waals surface area (Å²) in [7, 11) is -3.92. The van der Waals surface area contributed by atoms with Crippen molar-refractivity contribution < 1.29 is 22.7 Å². The van der Waals surface area contributed by atoms with Gasteiger partial charge in [0.1, 0.15) is 17.4 Å². The third-order valence-electron chi connectivity index (χ3n) is 4.85. The monoisotopic (exact) mass is 400 g/mol. The van der Waals surface area contributed by atoms with Gasteiger partial charge < -0.3 is 14.8 Å². The summed E-state index contributed by atoms with van der Waals surface area (Å²) < 4.78 is 32.9. The smallest absolute Gasteiger partial charge is 0.277 e. The molecule has 1 fully saturated rings. The van der Waals surface area contributed by atoms with Crippen LogP contribution in [0.1, 0.15) is 18.4 Å². The summed E-state index contributed by atoms with van der Waals surface area (Å²) in [6.07, 6.45) is 1.05. The number of carbonyl (C=O) groups excluding carboxylic acids is 1. The molecule has 0 saturated carbocycles. The molecule has 3 aromatic rings. The van der Waals surface area contributed by atoms with Gasteiger partial charge in [-0.05, 0) is 36.6 Å². The zero-order valence-corrected chi connectivity index (χ0v) is 15.9. The molecular formula is C20H20N2O5S. The Morgan fingerprint density at radius 1 is 1.18 bits per heavy atom. The van der Waals surface area contributed by atoms with Crippen molar-refractivity contribution in [2.45, 2.75) is 30.5 Å². The lowest BCUT2D eigenvalue weighted by molar-refractivity contribution is -0.124. The summed E-state index contributed by atoms with van der Waals surface area (Å²) in [6, 6.07) is 14.3. The molecule has 0 unspecified atom stereocenters. The maximum absolute atomic E-state index is 13.1. The van der Waals surface area contributed by atoms with Crippen molar-refractivity contribution in [1.29, 1.82) is 0 Å². The third-order valence-corrected chi connectivity index (χ3v) is 6.61. The lowest BCUT2D eigenvalue weighted by Gasteiger charge is -2.22. The second-order valence-corrected chi connectivity index (χ2v) is 8.59. The SMILES string of the molecule is O=C(NCc1cccc(O)c1)[C@@H]1CCCN1S(=O)(=O)c1cc2ccccc2o1. The van der Waals surface area contributed by atoms with Gasteiger partial charge in [0.15, 0.2) is 0 Å². The average molecular weight is 400 g/mol. The molecule has 1 saturated heterocycles. The Hall–Kier alpha value is -2.84. The highest BCUT2D eigenvalue weighted by molar-refractivity contribution is 7.89. The Morgan fingerprint density at radius 2 is 2.00 bits per heavy atom. The molecule has 0 aliphatic carbocycles. The van der Waals surface area contributed by atoms with Crippen LogP contribution < -0.4 is 5.32 Å². The Morgan fingerprint density at radius 3 is 2.79 bits per heavy atom. The summed E-state index contributed by atoms with van der Waals surface area (Å²) in [4.78, 5) is 12.7. The molecule has 7 nitrogen and oxygen atoms in total. The van der Waals surface area contributed by atoms with Gasteiger partial charge in [0.05, 0.1) is 0 Å². The van der Waals surface area contributed by atoms with E-state index in [1.807, 2.05) is 6.07 Å². The number of rotatable bonds is 5. The van der Waals surface area contributed by atoms with Crippen LogP contribution in [0.5, 0.6) is 5.75 Å². The molecule has 4 rings (SSSR count). The van der Waals surface area contributed by atoms with E-state index in [1.54, 1.807) is 42.5 Å². The Bertz CT molecular complexity index is 1090. The Kier molecular flexibility index (Phi) is 4.82. The minimum atomic E-state index is -3.92.